The summed E-state index contributed by atoms with van der Waals surface area (Å²) in [5.74, 6) is 1.91. The number of hydrogen-bond donors (Lipinski definition) is 3. The minimum Gasteiger partial charge on any atom is -0.497 e. The molecule has 8 heteroatoms. The summed E-state index contributed by atoms with van der Waals surface area (Å²) in [6.45, 7) is 4.55. The van der Waals surface area contributed by atoms with E-state index in [-0.39, 0.29) is 4.90 Å². The van der Waals surface area contributed by atoms with Gasteiger partial charge in [-0.2, -0.15) is 0 Å². The second kappa shape index (κ2) is 9.66. The minimum absolute atomic E-state index is 0.178. The fraction of sp³-hybridized carbons (Fsp3) is 0.409. The summed E-state index contributed by atoms with van der Waals surface area (Å²) in [6.07, 6.45) is 3.58. The summed E-state index contributed by atoms with van der Waals surface area (Å²) < 4.78 is 32.9. The molecule has 3 atom stereocenters. The molecule has 2 aromatic carbocycles. The van der Waals surface area contributed by atoms with Gasteiger partial charge in [0.25, 0.3) is 10.0 Å². The largest absolute Gasteiger partial charge is 0.497 e. The van der Waals surface area contributed by atoms with Crippen LogP contribution in [0.15, 0.2) is 53.4 Å². The molecule has 3 N–H and O–H groups in total. The first kappa shape index (κ1) is 22.4. The molecule has 0 spiro atoms. The maximum Gasteiger partial charge on any atom is 0.261 e. The van der Waals surface area contributed by atoms with Gasteiger partial charge in [-0.3, -0.25) is 4.72 Å². The molecule has 162 valence electrons. The second-order valence-electron chi connectivity index (χ2n) is 7.83. The molecule has 0 aliphatic heterocycles. The third-order valence-electron chi connectivity index (χ3n) is 5.79. The second-order valence-corrected chi connectivity index (χ2v) is 9.92. The Balaban J connectivity index is 1.60. The molecule has 0 saturated heterocycles. The van der Waals surface area contributed by atoms with Gasteiger partial charge in [-0.15, -0.1) is 0 Å². The van der Waals surface area contributed by atoms with Gasteiger partial charge >= 0.3 is 0 Å². The summed E-state index contributed by atoms with van der Waals surface area (Å²) in [5.41, 5.74) is 1.21. The summed E-state index contributed by atoms with van der Waals surface area (Å²) >= 11 is 5.46. The zero-order valence-electron chi connectivity index (χ0n) is 17.5. The maximum absolute atomic E-state index is 12.6. The smallest absolute Gasteiger partial charge is 0.261 e. The molecule has 1 saturated carbocycles. The fourth-order valence-electron chi connectivity index (χ4n) is 3.71. The molecule has 1 aliphatic rings. The molecular weight excluding hydrogens is 418 g/mol. The average molecular weight is 448 g/mol. The Morgan fingerprint density at radius 1 is 1.00 bits per heavy atom. The third kappa shape index (κ3) is 5.64. The van der Waals surface area contributed by atoms with Crippen molar-refractivity contribution in [3.63, 3.8) is 0 Å². The van der Waals surface area contributed by atoms with Crippen molar-refractivity contribution < 1.29 is 13.2 Å². The van der Waals surface area contributed by atoms with Crippen LogP contribution in [-0.4, -0.2) is 26.7 Å². The Bertz CT molecular complexity index is 960. The standard InChI is InChI=1S/C22H29N3O3S2/c1-15-5-4-6-21(16(15)2)24-22(29)23-17-9-13-20(14-10-17)30(26,27)25-18-7-11-19(28-3)12-8-18/h7-16,21,25H,4-6H2,1-3H3,(H2,23,24,29)/t15-,16+,21-/m0/s1. The van der Waals surface area contributed by atoms with Crippen molar-refractivity contribution >= 4 is 38.7 Å². The van der Waals surface area contributed by atoms with E-state index in [1.807, 2.05) is 0 Å². The van der Waals surface area contributed by atoms with Gasteiger partial charge < -0.3 is 15.4 Å². The normalized spacial score (nSPS) is 21.5. The lowest BCUT2D eigenvalue weighted by Gasteiger charge is -2.35. The van der Waals surface area contributed by atoms with Crippen molar-refractivity contribution in [2.75, 3.05) is 17.1 Å². The van der Waals surface area contributed by atoms with E-state index in [0.717, 1.165) is 12.1 Å². The van der Waals surface area contributed by atoms with Gasteiger partial charge in [0.15, 0.2) is 5.11 Å². The van der Waals surface area contributed by atoms with Crippen molar-refractivity contribution in [1.29, 1.82) is 0 Å². The number of ether oxygens (including phenoxy) is 1. The molecule has 1 aliphatic carbocycles. The van der Waals surface area contributed by atoms with E-state index in [2.05, 4.69) is 29.2 Å². The first-order valence-electron chi connectivity index (χ1n) is 10.1. The number of benzene rings is 2. The number of sulfonamides is 1. The van der Waals surface area contributed by atoms with Crippen LogP contribution in [0.5, 0.6) is 5.75 Å². The zero-order valence-corrected chi connectivity index (χ0v) is 19.1. The third-order valence-corrected chi connectivity index (χ3v) is 7.41. The summed E-state index contributed by atoms with van der Waals surface area (Å²) in [5, 5.41) is 7.13. The number of hydrogen-bond acceptors (Lipinski definition) is 4. The molecule has 0 aromatic heterocycles. The van der Waals surface area contributed by atoms with E-state index in [0.29, 0.717) is 34.4 Å². The Kier molecular flexibility index (Phi) is 7.20. The molecule has 0 radical (unpaired) electrons. The lowest BCUT2D eigenvalue weighted by atomic mass is 9.78. The van der Waals surface area contributed by atoms with Crippen LogP contribution in [0.25, 0.3) is 0 Å². The van der Waals surface area contributed by atoms with Crippen LogP contribution in [0.3, 0.4) is 0 Å². The Hall–Kier alpha value is -2.32. The van der Waals surface area contributed by atoms with Gasteiger partial charge in [0.2, 0.25) is 0 Å². The SMILES string of the molecule is COc1ccc(NS(=O)(=O)c2ccc(NC(=S)N[C@H]3CCC[C@H](C)[C@H]3C)cc2)cc1. The molecule has 0 bridgehead atoms. The minimum atomic E-state index is -3.68. The first-order valence-corrected chi connectivity index (χ1v) is 12.0. The van der Waals surface area contributed by atoms with Gasteiger partial charge in [-0.1, -0.05) is 26.7 Å². The monoisotopic (exact) mass is 447 g/mol. The Morgan fingerprint density at radius 2 is 1.63 bits per heavy atom. The summed E-state index contributed by atoms with van der Waals surface area (Å²) in [6, 6.07) is 13.6. The zero-order chi connectivity index (χ0) is 21.7. The molecule has 6 nitrogen and oxygen atoms in total. The topological polar surface area (TPSA) is 79.5 Å². The van der Waals surface area contributed by atoms with Gasteiger partial charge in [0.05, 0.1) is 12.0 Å². The summed E-state index contributed by atoms with van der Waals surface area (Å²) in [7, 11) is -2.12. The van der Waals surface area contributed by atoms with Crippen LogP contribution in [0.1, 0.15) is 33.1 Å². The molecule has 0 unspecified atom stereocenters. The highest BCUT2D eigenvalue weighted by Crippen LogP contribution is 2.29. The quantitative estimate of drug-likeness (QED) is 0.562. The Labute approximate surface area is 184 Å². The van der Waals surface area contributed by atoms with E-state index < -0.39 is 10.0 Å². The van der Waals surface area contributed by atoms with Crippen LogP contribution >= 0.6 is 12.2 Å². The highest BCUT2D eigenvalue weighted by molar-refractivity contribution is 7.92. The number of nitrogens with one attached hydrogen (secondary N) is 3. The lowest BCUT2D eigenvalue weighted by molar-refractivity contribution is 0.225. The van der Waals surface area contributed by atoms with E-state index in [9.17, 15) is 8.42 Å². The predicted molar refractivity (Wildman–Crippen MR) is 126 cm³/mol. The van der Waals surface area contributed by atoms with Gasteiger partial charge in [0.1, 0.15) is 5.75 Å². The lowest BCUT2D eigenvalue weighted by Crippen LogP contribution is -2.45. The number of rotatable bonds is 6. The van der Waals surface area contributed by atoms with Gasteiger partial charge in [-0.05, 0) is 79.0 Å². The van der Waals surface area contributed by atoms with Crippen molar-refractivity contribution in [3.05, 3.63) is 48.5 Å². The van der Waals surface area contributed by atoms with Crippen LogP contribution in [-0.2, 0) is 10.0 Å². The Morgan fingerprint density at radius 3 is 2.27 bits per heavy atom. The fourth-order valence-corrected chi connectivity index (χ4v) is 5.04. The highest BCUT2D eigenvalue weighted by Gasteiger charge is 2.27. The van der Waals surface area contributed by atoms with Crippen molar-refractivity contribution in [1.82, 2.24) is 5.32 Å². The van der Waals surface area contributed by atoms with Crippen LogP contribution in [0, 0.1) is 11.8 Å². The van der Waals surface area contributed by atoms with Crippen molar-refractivity contribution in [2.24, 2.45) is 11.8 Å². The number of methoxy groups -OCH3 is 1. The van der Waals surface area contributed by atoms with Crippen molar-refractivity contribution in [3.8, 4) is 5.75 Å². The van der Waals surface area contributed by atoms with Crippen LogP contribution < -0.4 is 20.1 Å². The van der Waals surface area contributed by atoms with Crippen LogP contribution in [0.4, 0.5) is 11.4 Å². The summed E-state index contributed by atoms with van der Waals surface area (Å²) in [4.78, 5) is 0.178. The molecule has 0 amide bonds. The highest BCUT2D eigenvalue weighted by atomic mass is 32.2. The molecule has 1 fully saturated rings. The molecule has 3 rings (SSSR count). The maximum atomic E-state index is 12.6. The molecular formula is C22H29N3O3S2. The van der Waals surface area contributed by atoms with E-state index in [1.165, 1.54) is 12.8 Å². The number of anilines is 2. The molecule has 30 heavy (non-hydrogen) atoms. The van der Waals surface area contributed by atoms with E-state index >= 15 is 0 Å². The van der Waals surface area contributed by atoms with Gasteiger partial charge in [-0.25, -0.2) is 8.42 Å². The van der Waals surface area contributed by atoms with Gasteiger partial charge in [0, 0.05) is 17.4 Å². The number of thiocarbonyl (C=S) groups is 1. The van der Waals surface area contributed by atoms with Crippen molar-refractivity contribution in [2.45, 2.75) is 44.0 Å². The molecule has 2 aromatic rings. The average Bonchev–Trinajstić information content (AvgIpc) is 2.72. The van der Waals surface area contributed by atoms with Crippen LogP contribution in [0.2, 0.25) is 0 Å². The predicted octanol–water partition coefficient (Wildman–Crippen LogP) is 4.61. The van der Waals surface area contributed by atoms with E-state index in [1.54, 1.807) is 55.6 Å². The molecule has 0 heterocycles. The van der Waals surface area contributed by atoms with E-state index in [4.69, 9.17) is 17.0 Å². The first-order chi connectivity index (χ1) is 14.3.